The zero-order valence-corrected chi connectivity index (χ0v) is 16.1. The minimum atomic E-state index is -0.643. The van der Waals surface area contributed by atoms with Gasteiger partial charge in [0.05, 0.1) is 34.5 Å². The van der Waals surface area contributed by atoms with E-state index in [2.05, 4.69) is 0 Å². The lowest BCUT2D eigenvalue weighted by molar-refractivity contribution is -0.126. The number of anilines is 1. The van der Waals surface area contributed by atoms with Gasteiger partial charge in [0, 0.05) is 5.69 Å². The number of carbonyl (C=O) groups excluding carboxylic acids is 1. The molecule has 2 aromatic rings. The highest BCUT2D eigenvalue weighted by molar-refractivity contribution is 6.05. The van der Waals surface area contributed by atoms with Gasteiger partial charge in [-0.3, -0.25) is 4.79 Å². The first-order chi connectivity index (χ1) is 13.0. The van der Waals surface area contributed by atoms with Crippen molar-refractivity contribution in [2.24, 2.45) is 5.73 Å². The Hall–Kier alpha value is -2.93. The Morgan fingerprint density at radius 2 is 1.48 bits per heavy atom. The van der Waals surface area contributed by atoms with Crippen LogP contribution in [0.15, 0.2) is 30.3 Å². The van der Waals surface area contributed by atoms with E-state index in [1.807, 2.05) is 37.3 Å². The van der Waals surface area contributed by atoms with E-state index >= 15 is 0 Å². The van der Waals surface area contributed by atoms with Crippen molar-refractivity contribution in [1.29, 1.82) is 0 Å². The molecule has 0 radical (unpaired) electrons. The predicted octanol–water partition coefficient (Wildman–Crippen LogP) is 2.44. The molecule has 0 aromatic heterocycles. The number of nitrogens with two attached hydrogens (primary N) is 1. The van der Waals surface area contributed by atoms with Crippen molar-refractivity contribution in [2.75, 3.05) is 33.3 Å². The molecule has 2 atom stereocenters. The fraction of sp³-hybridized carbons (Fsp3) is 0.350. The molecule has 1 fully saturated rings. The van der Waals surface area contributed by atoms with Crippen LogP contribution in [0.25, 0.3) is 0 Å². The van der Waals surface area contributed by atoms with E-state index < -0.39 is 6.04 Å². The molecule has 0 spiro atoms. The van der Waals surface area contributed by atoms with Gasteiger partial charge in [-0.15, -0.1) is 0 Å². The van der Waals surface area contributed by atoms with E-state index in [1.165, 1.54) is 0 Å². The fourth-order valence-corrected chi connectivity index (χ4v) is 3.44. The first kappa shape index (κ1) is 18.8. The van der Waals surface area contributed by atoms with Crippen molar-refractivity contribution in [3.63, 3.8) is 0 Å². The van der Waals surface area contributed by atoms with Crippen LogP contribution in [-0.4, -0.2) is 40.4 Å². The van der Waals surface area contributed by atoms with E-state index in [0.29, 0.717) is 17.2 Å². The summed E-state index contributed by atoms with van der Waals surface area (Å²) < 4.78 is 21.5. The minimum Gasteiger partial charge on any atom is -0.496 e. The van der Waals surface area contributed by atoms with Gasteiger partial charge in [0.25, 0.3) is 0 Å². The van der Waals surface area contributed by atoms with E-state index in [0.717, 1.165) is 22.6 Å². The van der Waals surface area contributed by atoms with Crippen LogP contribution in [0.1, 0.15) is 17.2 Å². The van der Waals surface area contributed by atoms with Crippen molar-refractivity contribution in [2.45, 2.75) is 19.0 Å². The molecule has 2 aromatic carbocycles. The molecule has 0 aliphatic carbocycles. The summed E-state index contributed by atoms with van der Waals surface area (Å²) in [7, 11) is 6.27. The molecule has 7 heteroatoms. The molecule has 1 saturated heterocycles. The number of benzene rings is 2. The van der Waals surface area contributed by atoms with Crippen molar-refractivity contribution in [3.05, 3.63) is 41.5 Å². The van der Waals surface area contributed by atoms with Crippen molar-refractivity contribution in [1.82, 2.24) is 0 Å². The normalized spacial score (nSPS) is 18.7. The largest absolute Gasteiger partial charge is 0.496 e. The summed E-state index contributed by atoms with van der Waals surface area (Å²) in [6.45, 7) is 1.93. The second-order valence-electron chi connectivity index (χ2n) is 6.29. The number of aryl methyl sites for hydroxylation is 1. The van der Waals surface area contributed by atoms with Gasteiger partial charge in [0.15, 0.2) is 11.5 Å². The average molecular weight is 372 g/mol. The second kappa shape index (κ2) is 7.36. The molecule has 1 heterocycles. The number of ether oxygens (including phenoxy) is 4. The number of carbonyl (C=O) groups is 1. The third-order valence-electron chi connectivity index (χ3n) is 4.83. The van der Waals surface area contributed by atoms with E-state index in [9.17, 15) is 4.79 Å². The van der Waals surface area contributed by atoms with Gasteiger partial charge >= 0.3 is 0 Å². The van der Waals surface area contributed by atoms with Crippen LogP contribution < -0.4 is 29.6 Å². The standard InChI is InChI=1S/C20H24N2O5/c1-11-8-13(6-7-14(11)24-2)22-18(17(21)20(22)23)12-9-15(25-3)19(27-5)16(10-12)26-4/h6-10,17-18H,21H2,1-5H3/t17-,18-/m0/s1. The van der Waals surface area contributed by atoms with Gasteiger partial charge in [0.1, 0.15) is 11.8 Å². The molecule has 27 heavy (non-hydrogen) atoms. The van der Waals surface area contributed by atoms with Gasteiger partial charge in [-0.1, -0.05) is 0 Å². The highest BCUT2D eigenvalue weighted by Gasteiger charge is 2.47. The monoisotopic (exact) mass is 372 g/mol. The predicted molar refractivity (Wildman–Crippen MR) is 102 cm³/mol. The second-order valence-corrected chi connectivity index (χ2v) is 6.29. The Labute approximate surface area is 158 Å². The van der Waals surface area contributed by atoms with E-state index in [4.69, 9.17) is 24.7 Å². The van der Waals surface area contributed by atoms with Crippen molar-refractivity contribution >= 4 is 11.6 Å². The topological polar surface area (TPSA) is 83.3 Å². The number of nitrogens with zero attached hydrogens (tertiary/aromatic N) is 1. The molecule has 1 amide bonds. The first-order valence-corrected chi connectivity index (χ1v) is 8.50. The lowest BCUT2D eigenvalue weighted by Gasteiger charge is -2.46. The lowest BCUT2D eigenvalue weighted by atomic mass is 9.87. The third-order valence-corrected chi connectivity index (χ3v) is 4.83. The Kier molecular flexibility index (Phi) is 5.14. The van der Waals surface area contributed by atoms with Crippen molar-refractivity contribution in [3.8, 4) is 23.0 Å². The van der Waals surface area contributed by atoms with Gasteiger partial charge < -0.3 is 29.6 Å². The van der Waals surface area contributed by atoms with Crippen LogP contribution in [0.4, 0.5) is 5.69 Å². The molecule has 144 valence electrons. The zero-order valence-electron chi connectivity index (χ0n) is 16.1. The molecule has 3 rings (SSSR count). The summed E-state index contributed by atoms with van der Waals surface area (Å²) in [5, 5.41) is 0. The van der Waals surface area contributed by atoms with Crippen LogP contribution in [0.2, 0.25) is 0 Å². The molecule has 0 bridgehead atoms. The molecule has 2 N–H and O–H groups in total. The number of methoxy groups -OCH3 is 4. The molecular formula is C20H24N2O5. The Bertz CT molecular complexity index is 842. The molecule has 7 nitrogen and oxygen atoms in total. The van der Waals surface area contributed by atoms with Crippen LogP contribution >= 0.6 is 0 Å². The van der Waals surface area contributed by atoms with E-state index in [1.54, 1.807) is 33.3 Å². The maximum atomic E-state index is 12.5. The number of hydrogen-bond acceptors (Lipinski definition) is 6. The number of amides is 1. The average Bonchev–Trinajstić information content (AvgIpc) is 2.69. The van der Waals surface area contributed by atoms with Gasteiger partial charge in [-0.25, -0.2) is 0 Å². The number of β-lactam (4-membered cyclic amide) rings is 1. The molecule has 1 aliphatic rings. The summed E-state index contributed by atoms with van der Waals surface area (Å²) >= 11 is 0. The zero-order chi connectivity index (χ0) is 19.7. The summed E-state index contributed by atoms with van der Waals surface area (Å²) in [4.78, 5) is 14.2. The number of hydrogen-bond donors (Lipinski definition) is 1. The maximum absolute atomic E-state index is 12.5. The van der Waals surface area contributed by atoms with Crippen molar-refractivity contribution < 1.29 is 23.7 Å². The van der Waals surface area contributed by atoms with Crippen LogP contribution in [-0.2, 0) is 4.79 Å². The first-order valence-electron chi connectivity index (χ1n) is 8.50. The molecule has 1 aliphatic heterocycles. The summed E-state index contributed by atoms with van der Waals surface area (Å²) in [5.41, 5.74) is 8.65. The number of rotatable bonds is 6. The quantitative estimate of drug-likeness (QED) is 0.784. The fourth-order valence-electron chi connectivity index (χ4n) is 3.44. The summed E-state index contributed by atoms with van der Waals surface area (Å²) in [5.74, 6) is 2.15. The van der Waals surface area contributed by atoms with Gasteiger partial charge in [-0.05, 0) is 48.4 Å². The smallest absolute Gasteiger partial charge is 0.247 e. The van der Waals surface area contributed by atoms with Crippen LogP contribution in [0, 0.1) is 6.92 Å². The van der Waals surface area contributed by atoms with Crippen LogP contribution in [0.5, 0.6) is 23.0 Å². The van der Waals surface area contributed by atoms with Gasteiger partial charge in [0.2, 0.25) is 11.7 Å². The lowest BCUT2D eigenvalue weighted by Crippen LogP contribution is -2.63. The van der Waals surface area contributed by atoms with Gasteiger partial charge in [-0.2, -0.15) is 0 Å². The highest BCUT2D eigenvalue weighted by Crippen LogP contribution is 2.45. The van der Waals surface area contributed by atoms with E-state index in [-0.39, 0.29) is 11.9 Å². The molecule has 0 saturated carbocycles. The molecule has 0 unspecified atom stereocenters. The van der Waals surface area contributed by atoms with Crippen LogP contribution in [0.3, 0.4) is 0 Å². The molecular weight excluding hydrogens is 348 g/mol. The Morgan fingerprint density at radius 3 is 1.96 bits per heavy atom. The third kappa shape index (κ3) is 3.04. The minimum absolute atomic E-state index is 0.140. The summed E-state index contributed by atoms with van der Waals surface area (Å²) in [6.07, 6.45) is 0. The SMILES string of the molecule is COc1ccc(N2C(=O)[C@@H](N)[C@@H]2c2cc(OC)c(OC)c(OC)c2)cc1C. The highest BCUT2D eigenvalue weighted by atomic mass is 16.5. The summed E-state index contributed by atoms with van der Waals surface area (Å²) in [6, 6.07) is 8.26. The Balaban J connectivity index is 2.05. The Morgan fingerprint density at radius 1 is 0.889 bits per heavy atom. The maximum Gasteiger partial charge on any atom is 0.247 e.